The molecular formula is C14H24N2O2. The average Bonchev–Trinajstić information content (AvgIpc) is 2.31. The Bertz CT molecular complexity index is 352. The van der Waals surface area contributed by atoms with Gasteiger partial charge in [0.2, 0.25) is 5.91 Å². The first-order valence-corrected chi connectivity index (χ1v) is 6.91. The standard InChI is InChI=1S/C14H24N2O2/c1-14(2)10-16(8-6-12(14)17)13(18)11-5-4-7-15(3)9-11/h11H,4-10H2,1-3H3. The molecule has 1 atom stereocenters. The van der Waals surface area contributed by atoms with Crippen LogP contribution in [-0.4, -0.2) is 54.7 Å². The van der Waals surface area contributed by atoms with Crippen LogP contribution < -0.4 is 0 Å². The molecule has 4 nitrogen and oxygen atoms in total. The summed E-state index contributed by atoms with van der Waals surface area (Å²) in [5, 5.41) is 0. The molecule has 102 valence electrons. The topological polar surface area (TPSA) is 40.6 Å². The number of piperidine rings is 2. The third kappa shape index (κ3) is 2.74. The second kappa shape index (κ2) is 5.00. The van der Waals surface area contributed by atoms with E-state index in [4.69, 9.17) is 0 Å². The van der Waals surface area contributed by atoms with E-state index in [-0.39, 0.29) is 23.0 Å². The molecule has 2 fully saturated rings. The van der Waals surface area contributed by atoms with Crippen LogP contribution in [0.25, 0.3) is 0 Å². The molecule has 2 saturated heterocycles. The highest BCUT2D eigenvalue weighted by atomic mass is 16.2. The van der Waals surface area contributed by atoms with Crippen molar-refractivity contribution in [1.82, 2.24) is 9.80 Å². The van der Waals surface area contributed by atoms with Gasteiger partial charge < -0.3 is 9.80 Å². The van der Waals surface area contributed by atoms with Crippen LogP contribution in [0.2, 0.25) is 0 Å². The van der Waals surface area contributed by atoms with Crippen molar-refractivity contribution in [2.75, 3.05) is 33.2 Å². The number of rotatable bonds is 1. The second-order valence-electron chi connectivity index (χ2n) is 6.42. The zero-order chi connectivity index (χ0) is 13.3. The average molecular weight is 252 g/mol. The molecule has 0 aromatic carbocycles. The fourth-order valence-electron chi connectivity index (χ4n) is 3.03. The summed E-state index contributed by atoms with van der Waals surface area (Å²) in [4.78, 5) is 28.4. The fraction of sp³-hybridized carbons (Fsp3) is 0.857. The summed E-state index contributed by atoms with van der Waals surface area (Å²) < 4.78 is 0. The van der Waals surface area contributed by atoms with E-state index < -0.39 is 0 Å². The minimum atomic E-state index is -0.367. The molecule has 4 heteroatoms. The third-order valence-corrected chi connectivity index (χ3v) is 4.24. The number of amides is 1. The van der Waals surface area contributed by atoms with Crippen molar-refractivity contribution in [2.45, 2.75) is 33.1 Å². The lowest BCUT2D eigenvalue weighted by Crippen LogP contribution is -2.52. The summed E-state index contributed by atoms with van der Waals surface area (Å²) in [6.45, 7) is 7.05. The van der Waals surface area contributed by atoms with Crippen LogP contribution in [0.1, 0.15) is 33.1 Å². The van der Waals surface area contributed by atoms with E-state index in [2.05, 4.69) is 11.9 Å². The van der Waals surface area contributed by atoms with Gasteiger partial charge in [0.25, 0.3) is 0 Å². The van der Waals surface area contributed by atoms with Crippen LogP contribution in [0.4, 0.5) is 0 Å². The molecule has 0 bridgehead atoms. The molecule has 0 aliphatic carbocycles. The Balaban J connectivity index is 1.99. The third-order valence-electron chi connectivity index (χ3n) is 4.24. The normalized spacial score (nSPS) is 29.4. The van der Waals surface area contributed by atoms with Gasteiger partial charge >= 0.3 is 0 Å². The highest BCUT2D eigenvalue weighted by molar-refractivity contribution is 5.88. The van der Waals surface area contributed by atoms with Gasteiger partial charge in [0, 0.05) is 31.5 Å². The van der Waals surface area contributed by atoms with E-state index in [1.165, 1.54) is 0 Å². The van der Waals surface area contributed by atoms with E-state index in [1.807, 2.05) is 18.7 Å². The Morgan fingerprint density at radius 2 is 2.06 bits per heavy atom. The molecule has 0 aromatic rings. The highest BCUT2D eigenvalue weighted by Crippen LogP contribution is 2.27. The van der Waals surface area contributed by atoms with Gasteiger partial charge in [0.15, 0.2) is 0 Å². The van der Waals surface area contributed by atoms with Crippen molar-refractivity contribution in [1.29, 1.82) is 0 Å². The summed E-state index contributed by atoms with van der Waals surface area (Å²) in [5.41, 5.74) is -0.367. The van der Waals surface area contributed by atoms with Crippen LogP contribution in [0.15, 0.2) is 0 Å². The molecule has 2 aliphatic rings. The van der Waals surface area contributed by atoms with Crippen molar-refractivity contribution in [3.63, 3.8) is 0 Å². The van der Waals surface area contributed by atoms with Crippen molar-refractivity contribution >= 4 is 11.7 Å². The molecule has 0 radical (unpaired) electrons. The summed E-state index contributed by atoms with van der Waals surface area (Å²) in [5.74, 6) is 0.669. The van der Waals surface area contributed by atoms with Gasteiger partial charge in [-0.25, -0.2) is 0 Å². The monoisotopic (exact) mass is 252 g/mol. The number of nitrogens with zero attached hydrogens (tertiary/aromatic N) is 2. The van der Waals surface area contributed by atoms with Gasteiger partial charge in [-0.3, -0.25) is 9.59 Å². The maximum Gasteiger partial charge on any atom is 0.227 e. The van der Waals surface area contributed by atoms with E-state index in [1.54, 1.807) is 0 Å². The molecule has 1 amide bonds. The fourth-order valence-corrected chi connectivity index (χ4v) is 3.03. The van der Waals surface area contributed by atoms with Crippen LogP contribution >= 0.6 is 0 Å². The molecule has 0 saturated carbocycles. The minimum absolute atomic E-state index is 0.132. The molecule has 1 unspecified atom stereocenters. The number of hydrogen-bond donors (Lipinski definition) is 0. The van der Waals surface area contributed by atoms with Gasteiger partial charge in [-0.2, -0.15) is 0 Å². The van der Waals surface area contributed by atoms with Crippen LogP contribution in [-0.2, 0) is 9.59 Å². The molecule has 2 rings (SSSR count). The van der Waals surface area contributed by atoms with Crippen LogP contribution in [0, 0.1) is 11.3 Å². The molecule has 0 spiro atoms. The zero-order valence-corrected chi connectivity index (χ0v) is 11.7. The SMILES string of the molecule is CN1CCCC(C(=O)N2CCC(=O)C(C)(C)C2)C1. The van der Waals surface area contributed by atoms with Crippen LogP contribution in [0.3, 0.4) is 0 Å². The second-order valence-corrected chi connectivity index (χ2v) is 6.42. The maximum atomic E-state index is 12.5. The smallest absolute Gasteiger partial charge is 0.227 e. The Morgan fingerprint density at radius 3 is 2.67 bits per heavy atom. The molecule has 2 aliphatic heterocycles. The molecule has 18 heavy (non-hydrogen) atoms. The van der Waals surface area contributed by atoms with Gasteiger partial charge in [-0.05, 0) is 26.4 Å². The quantitative estimate of drug-likeness (QED) is 0.703. The predicted molar refractivity (Wildman–Crippen MR) is 70.2 cm³/mol. The Morgan fingerprint density at radius 1 is 1.33 bits per heavy atom. The minimum Gasteiger partial charge on any atom is -0.341 e. The van der Waals surface area contributed by atoms with Gasteiger partial charge in [0.05, 0.1) is 5.92 Å². The number of likely N-dealkylation sites (tertiary alicyclic amines) is 2. The summed E-state index contributed by atoms with van der Waals surface area (Å²) in [6.07, 6.45) is 2.61. The number of carbonyl (C=O) groups excluding carboxylic acids is 2. The lowest BCUT2D eigenvalue weighted by molar-refractivity contribution is -0.145. The van der Waals surface area contributed by atoms with Gasteiger partial charge in [-0.1, -0.05) is 13.8 Å². The van der Waals surface area contributed by atoms with E-state index in [0.29, 0.717) is 19.5 Å². The number of Topliss-reactive ketones (excluding diaryl/α,β-unsaturated/α-hetero) is 1. The van der Waals surface area contributed by atoms with Crippen molar-refractivity contribution < 1.29 is 9.59 Å². The van der Waals surface area contributed by atoms with E-state index in [9.17, 15) is 9.59 Å². The molecule has 2 heterocycles. The van der Waals surface area contributed by atoms with Gasteiger partial charge in [0.1, 0.15) is 5.78 Å². The van der Waals surface area contributed by atoms with Crippen molar-refractivity contribution in [3.05, 3.63) is 0 Å². The summed E-state index contributed by atoms with van der Waals surface area (Å²) in [6, 6.07) is 0. The molecular weight excluding hydrogens is 228 g/mol. The number of hydrogen-bond acceptors (Lipinski definition) is 3. The van der Waals surface area contributed by atoms with Gasteiger partial charge in [-0.15, -0.1) is 0 Å². The first-order valence-electron chi connectivity index (χ1n) is 6.91. The Kier molecular flexibility index (Phi) is 3.76. The van der Waals surface area contributed by atoms with Crippen LogP contribution in [0.5, 0.6) is 0 Å². The number of ketones is 1. The molecule has 0 N–H and O–H groups in total. The van der Waals surface area contributed by atoms with E-state index in [0.717, 1.165) is 25.9 Å². The largest absolute Gasteiger partial charge is 0.341 e. The maximum absolute atomic E-state index is 12.5. The lowest BCUT2D eigenvalue weighted by atomic mass is 9.82. The Hall–Kier alpha value is -0.900. The van der Waals surface area contributed by atoms with E-state index >= 15 is 0 Å². The number of carbonyl (C=O) groups is 2. The van der Waals surface area contributed by atoms with Crippen molar-refractivity contribution in [2.24, 2.45) is 11.3 Å². The lowest BCUT2D eigenvalue weighted by Gasteiger charge is -2.40. The summed E-state index contributed by atoms with van der Waals surface area (Å²) >= 11 is 0. The predicted octanol–water partition coefficient (Wildman–Crippen LogP) is 1.16. The Labute approximate surface area is 109 Å². The zero-order valence-electron chi connectivity index (χ0n) is 11.7. The van der Waals surface area contributed by atoms with Crippen molar-refractivity contribution in [3.8, 4) is 0 Å². The first kappa shape index (κ1) is 13.5. The highest BCUT2D eigenvalue weighted by Gasteiger charge is 2.38. The summed E-state index contributed by atoms with van der Waals surface area (Å²) in [7, 11) is 2.07. The molecule has 0 aromatic heterocycles. The first-order chi connectivity index (χ1) is 8.40.